The number of rotatable bonds is 34. The Kier molecular flexibility index (Phi) is 30.1. The fourth-order valence-corrected chi connectivity index (χ4v) is 5.85. The Morgan fingerprint density at radius 2 is 1.29 bits per heavy atom. The average Bonchev–Trinajstić information content (AvgIpc) is 3.03. The molecule has 0 rings (SSSR count). The summed E-state index contributed by atoms with van der Waals surface area (Å²) in [4.78, 5) is 37.2. The highest BCUT2D eigenvalue weighted by Gasteiger charge is 2.23. The van der Waals surface area contributed by atoms with Gasteiger partial charge in [0.2, 0.25) is 5.91 Å². The number of carbonyl (C=O) groups is 2. The van der Waals surface area contributed by atoms with E-state index in [2.05, 4.69) is 25.2 Å². The molecule has 0 heterocycles. The van der Waals surface area contributed by atoms with Gasteiger partial charge in [-0.15, -0.1) is 0 Å². The normalized spacial score (nSPS) is 14.9. The Morgan fingerprint density at radius 1 is 0.755 bits per heavy atom. The molecule has 0 saturated carbocycles. The molecule has 0 aromatic carbocycles. The number of unbranched alkanes of at least 4 members (excludes halogenated alkanes) is 16. The molecule has 9 nitrogen and oxygen atoms in total. The van der Waals surface area contributed by atoms with Crippen LogP contribution in [-0.4, -0.2) is 74.3 Å². The first-order valence-corrected chi connectivity index (χ1v) is 20.8. The highest BCUT2D eigenvalue weighted by Crippen LogP contribution is 2.38. The van der Waals surface area contributed by atoms with Crippen LogP contribution in [0, 0.1) is 0 Å². The number of likely N-dealkylation sites (N-methyl/N-ethyl adjacent to an activating group) is 1. The molecule has 3 atom stereocenters. The van der Waals surface area contributed by atoms with E-state index in [9.17, 15) is 24.2 Å². The summed E-state index contributed by atoms with van der Waals surface area (Å²) in [5.74, 6) is -0.136. The smallest absolute Gasteiger partial charge is 0.268 e. The topological polar surface area (TPSA) is 125 Å². The molecule has 0 aliphatic heterocycles. The molecular formula is C39H73N2O7P. The van der Waals surface area contributed by atoms with Gasteiger partial charge in [-0.05, 0) is 44.6 Å². The predicted octanol–water partition coefficient (Wildman–Crippen LogP) is 8.51. The molecule has 1 amide bonds. The molecule has 2 N–H and O–H groups in total. The molecule has 0 aromatic heterocycles. The van der Waals surface area contributed by atoms with Crippen LogP contribution in [0.2, 0.25) is 0 Å². The first-order valence-electron chi connectivity index (χ1n) is 19.3. The molecule has 0 fully saturated rings. The van der Waals surface area contributed by atoms with Crippen molar-refractivity contribution in [1.29, 1.82) is 0 Å². The zero-order valence-electron chi connectivity index (χ0n) is 31.9. The summed E-state index contributed by atoms with van der Waals surface area (Å²) in [6.07, 6.45) is 31.4. The fourth-order valence-electron chi connectivity index (χ4n) is 5.13. The van der Waals surface area contributed by atoms with Gasteiger partial charge in [0, 0.05) is 12.8 Å². The van der Waals surface area contributed by atoms with E-state index in [-0.39, 0.29) is 24.7 Å². The Bertz CT molecular complexity index is 962. The van der Waals surface area contributed by atoms with Gasteiger partial charge in [0.25, 0.3) is 7.82 Å². The van der Waals surface area contributed by atoms with Crippen molar-refractivity contribution >= 4 is 19.5 Å². The summed E-state index contributed by atoms with van der Waals surface area (Å²) < 4.78 is 23.0. The molecule has 0 spiro atoms. The second-order valence-electron chi connectivity index (χ2n) is 14.3. The SMILES string of the molecule is CCCCC/C=C\C=C\C(=O)CCCCCCCC(=O)N[C@@H](COP(=O)([O-])OCC[N+](C)(C)C)[C@H](O)/C=C/CCCCCCCCCCC. The van der Waals surface area contributed by atoms with E-state index in [0.29, 0.717) is 23.9 Å². The molecule has 0 aliphatic carbocycles. The van der Waals surface area contributed by atoms with Crippen LogP contribution >= 0.6 is 7.82 Å². The summed E-state index contributed by atoms with van der Waals surface area (Å²) in [6, 6.07) is -0.929. The van der Waals surface area contributed by atoms with Gasteiger partial charge in [-0.3, -0.25) is 14.2 Å². The number of aliphatic hydroxyl groups excluding tert-OH is 1. The predicted molar refractivity (Wildman–Crippen MR) is 201 cm³/mol. The number of phosphoric ester groups is 1. The fraction of sp³-hybridized carbons (Fsp3) is 0.795. The molecule has 10 heteroatoms. The summed E-state index contributed by atoms with van der Waals surface area (Å²) in [5.41, 5.74) is 0. The van der Waals surface area contributed by atoms with E-state index in [1.54, 1.807) is 12.2 Å². The van der Waals surface area contributed by atoms with E-state index in [1.807, 2.05) is 39.4 Å². The number of phosphoric acid groups is 1. The Balaban J connectivity index is 4.62. The number of carbonyl (C=O) groups excluding carboxylic acids is 2. The standard InChI is InChI=1S/C39H73N2O7P/c1-6-8-10-12-14-15-16-17-19-23-27-31-38(43)37(35-48-49(45,46)47-34-33-41(3,4)5)40-39(44)32-28-24-20-22-26-30-36(42)29-25-21-18-13-11-9-7-2/h18,21,25,27,29,31,37-38,43H,6-17,19-20,22-24,26,28,30,32-35H2,1-5H3,(H-,40,44,45,46)/b21-18-,29-25+,31-27+/t37-,38+/m0/s1. The van der Waals surface area contributed by atoms with Crippen molar-refractivity contribution in [3.8, 4) is 0 Å². The summed E-state index contributed by atoms with van der Waals surface area (Å²) in [5, 5.41) is 13.6. The number of ketones is 1. The van der Waals surface area contributed by atoms with Crippen molar-refractivity contribution in [2.24, 2.45) is 0 Å². The zero-order valence-corrected chi connectivity index (χ0v) is 32.8. The first kappa shape index (κ1) is 47.4. The van der Waals surface area contributed by atoms with Gasteiger partial charge in [-0.25, -0.2) is 0 Å². The summed E-state index contributed by atoms with van der Waals surface area (Å²) in [7, 11) is 1.18. The lowest BCUT2D eigenvalue weighted by Gasteiger charge is -2.29. The molecule has 0 bridgehead atoms. The number of amides is 1. The van der Waals surface area contributed by atoms with Crippen molar-refractivity contribution < 1.29 is 37.7 Å². The number of nitrogens with zero attached hydrogens (tertiary/aromatic N) is 1. The minimum absolute atomic E-state index is 0.0239. The van der Waals surface area contributed by atoms with Gasteiger partial charge in [0.15, 0.2) is 5.78 Å². The number of nitrogens with one attached hydrogen (secondary N) is 1. The first-order chi connectivity index (χ1) is 23.4. The van der Waals surface area contributed by atoms with Crippen molar-refractivity contribution in [1.82, 2.24) is 5.32 Å². The number of allylic oxidation sites excluding steroid dienone is 5. The molecule has 286 valence electrons. The lowest BCUT2D eigenvalue weighted by Crippen LogP contribution is -2.45. The molecule has 0 aromatic rings. The molecular weight excluding hydrogens is 639 g/mol. The lowest BCUT2D eigenvalue weighted by atomic mass is 10.1. The third-order valence-corrected chi connectivity index (χ3v) is 9.28. The Morgan fingerprint density at radius 3 is 1.92 bits per heavy atom. The summed E-state index contributed by atoms with van der Waals surface area (Å²) in [6.45, 7) is 4.44. The van der Waals surface area contributed by atoms with E-state index in [4.69, 9.17) is 9.05 Å². The van der Waals surface area contributed by atoms with Crippen LogP contribution in [-0.2, 0) is 23.2 Å². The highest BCUT2D eigenvalue weighted by atomic mass is 31.2. The van der Waals surface area contributed by atoms with Crippen LogP contribution in [0.3, 0.4) is 0 Å². The van der Waals surface area contributed by atoms with Gasteiger partial charge in [-0.2, -0.15) is 0 Å². The van der Waals surface area contributed by atoms with E-state index in [1.165, 1.54) is 64.2 Å². The molecule has 0 saturated heterocycles. The second-order valence-corrected chi connectivity index (χ2v) is 15.7. The zero-order chi connectivity index (χ0) is 36.6. The maximum absolute atomic E-state index is 12.8. The van der Waals surface area contributed by atoms with Crippen LogP contribution in [0.15, 0.2) is 36.5 Å². The van der Waals surface area contributed by atoms with Crippen molar-refractivity contribution in [3.05, 3.63) is 36.5 Å². The van der Waals surface area contributed by atoms with Crippen LogP contribution < -0.4 is 10.2 Å². The third-order valence-electron chi connectivity index (χ3n) is 8.32. The maximum Gasteiger partial charge on any atom is 0.268 e. The quantitative estimate of drug-likeness (QED) is 0.0171. The van der Waals surface area contributed by atoms with Gasteiger partial charge >= 0.3 is 0 Å². The van der Waals surface area contributed by atoms with Crippen LogP contribution in [0.5, 0.6) is 0 Å². The lowest BCUT2D eigenvalue weighted by molar-refractivity contribution is -0.870. The average molecular weight is 713 g/mol. The van der Waals surface area contributed by atoms with Gasteiger partial charge in [0.1, 0.15) is 13.2 Å². The van der Waals surface area contributed by atoms with Crippen molar-refractivity contribution in [2.75, 3.05) is 40.9 Å². The summed E-state index contributed by atoms with van der Waals surface area (Å²) >= 11 is 0. The van der Waals surface area contributed by atoms with E-state index in [0.717, 1.165) is 51.4 Å². The molecule has 0 aliphatic rings. The highest BCUT2D eigenvalue weighted by molar-refractivity contribution is 7.45. The van der Waals surface area contributed by atoms with Crippen molar-refractivity contribution in [3.63, 3.8) is 0 Å². The minimum atomic E-state index is -4.61. The molecule has 1 unspecified atom stereocenters. The number of hydrogen-bond acceptors (Lipinski definition) is 7. The van der Waals surface area contributed by atoms with Gasteiger partial charge in [-0.1, -0.05) is 128 Å². The monoisotopic (exact) mass is 713 g/mol. The number of aliphatic hydroxyl groups is 1. The largest absolute Gasteiger partial charge is 0.756 e. The van der Waals surface area contributed by atoms with E-state index >= 15 is 0 Å². The number of hydrogen-bond donors (Lipinski definition) is 2. The molecule has 0 radical (unpaired) electrons. The van der Waals surface area contributed by atoms with Crippen LogP contribution in [0.4, 0.5) is 0 Å². The van der Waals surface area contributed by atoms with Crippen LogP contribution in [0.1, 0.15) is 149 Å². The van der Waals surface area contributed by atoms with E-state index < -0.39 is 26.6 Å². The minimum Gasteiger partial charge on any atom is -0.756 e. The Hall–Kier alpha value is -1.61. The van der Waals surface area contributed by atoms with Crippen LogP contribution in [0.25, 0.3) is 0 Å². The van der Waals surface area contributed by atoms with Gasteiger partial charge in [0.05, 0.1) is 39.9 Å². The van der Waals surface area contributed by atoms with Gasteiger partial charge < -0.3 is 28.8 Å². The van der Waals surface area contributed by atoms with Crippen molar-refractivity contribution in [2.45, 2.75) is 161 Å². The Labute approximate surface area is 300 Å². The number of quaternary nitrogens is 1. The maximum atomic E-state index is 12.8. The third kappa shape index (κ3) is 33.3. The molecule has 49 heavy (non-hydrogen) atoms. The second kappa shape index (κ2) is 31.2.